The lowest BCUT2D eigenvalue weighted by molar-refractivity contribution is -0.123. The topological polar surface area (TPSA) is 67.9 Å². The smallest absolute Gasteiger partial charge is 0.265 e. The number of methoxy groups -OCH3 is 1. The number of hydrogen-bond acceptors (Lipinski definition) is 4. The van der Waals surface area contributed by atoms with E-state index in [1.165, 1.54) is 24.1 Å². The Labute approximate surface area is 148 Å². The summed E-state index contributed by atoms with van der Waals surface area (Å²) in [5, 5.41) is 2.96. The Morgan fingerprint density at radius 3 is 2.88 bits per heavy atom. The SMILES string of the molecule is COc1ccc(NC(=O)CN2C(=O)COc3ccc(Cl)cc32)cc1F. The Hall–Kier alpha value is -2.80. The van der Waals surface area contributed by atoms with Gasteiger partial charge in [-0.1, -0.05) is 11.6 Å². The van der Waals surface area contributed by atoms with E-state index in [-0.39, 0.29) is 30.5 Å². The number of ether oxygens (including phenoxy) is 2. The Morgan fingerprint density at radius 2 is 2.16 bits per heavy atom. The molecule has 2 aromatic carbocycles. The summed E-state index contributed by atoms with van der Waals surface area (Å²) in [7, 11) is 1.35. The van der Waals surface area contributed by atoms with E-state index in [2.05, 4.69) is 5.32 Å². The molecule has 3 rings (SSSR count). The number of amides is 2. The fraction of sp³-hybridized carbons (Fsp3) is 0.176. The minimum Gasteiger partial charge on any atom is -0.494 e. The van der Waals surface area contributed by atoms with Gasteiger partial charge in [0.25, 0.3) is 5.91 Å². The van der Waals surface area contributed by atoms with Crippen molar-refractivity contribution in [3.05, 3.63) is 47.2 Å². The van der Waals surface area contributed by atoms with Gasteiger partial charge in [-0.15, -0.1) is 0 Å². The highest BCUT2D eigenvalue weighted by Gasteiger charge is 2.27. The average molecular weight is 365 g/mol. The van der Waals surface area contributed by atoms with Crippen LogP contribution in [0.5, 0.6) is 11.5 Å². The second-order valence-corrected chi connectivity index (χ2v) is 5.71. The van der Waals surface area contributed by atoms with Gasteiger partial charge in [0.1, 0.15) is 12.3 Å². The molecule has 25 heavy (non-hydrogen) atoms. The van der Waals surface area contributed by atoms with Gasteiger partial charge in [0.2, 0.25) is 5.91 Å². The molecule has 8 heteroatoms. The molecule has 1 N–H and O–H groups in total. The summed E-state index contributed by atoms with van der Waals surface area (Å²) in [5.41, 5.74) is 0.676. The molecule has 0 radical (unpaired) electrons. The zero-order valence-electron chi connectivity index (χ0n) is 13.2. The van der Waals surface area contributed by atoms with E-state index >= 15 is 0 Å². The van der Waals surface area contributed by atoms with Crippen molar-refractivity contribution in [1.29, 1.82) is 0 Å². The first kappa shape index (κ1) is 17.0. The lowest BCUT2D eigenvalue weighted by Crippen LogP contribution is -2.43. The van der Waals surface area contributed by atoms with E-state index in [1.54, 1.807) is 18.2 Å². The molecule has 0 unspecified atom stereocenters. The van der Waals surface area contributed by atoms with Crippen molar-refractivity contribution < 1.29 is 23.5 Å². The molecular weight excluding hydrogens is 351 g/mol. The van der Waals surface area contributed by atoms with Crippen molar-refractivity contribution in [2.45, 2.75) is 0 Å². The molecule has 130 valence electrons. The van der Waals surface area contributed by atoms with Crippen molar-refractivity contribution in [2.75, 3.05) is 30.5 Å². The van der Waals surface area contributed by atoms with Crippen LogP contribution in [0, 0.1) is 5.82 Å². The lowest BCUT2D eigenvalue weighted by Gasteiger charge is -2.29. The van der Waals surface area contributed by atoms with Crippen LogP contribution in [0.1, 0.15) is 0 Å². The third-order valence-electron chi connectivity index (χ3n) is 3.60. The first-order valence-electron chi connectivity index (χ1n) is 7.34. The minimum absolute atomic E-state index is 0.0740. The van der Waals surface area contributed by atoms with Crippen LogP contribution in [0.2, 0.25) is 5.02 Å². The molecule has 2 aromatic rings. The normalized spacial score (nSPS) is 13.1. The third kappa shape index (κ3) is 3.66. The van der Waals surface area contributed by atoms with Crippen LogP contribution in [0.3, 0.4) is 0 Å². The van der Waals surface area contributed by atoms with Gasteiger partial charge >= 0.3 is 0 Å². The van der Waals surface area contributed by atoms with Crippen LogP contribution in [-0.4, -0.2) is 32.1 Å². The number of carbonyl (C=O) groups is 2. The van der Waals surface area contributed by atoms with Gasteiger partial charge in [-0.25, -0.2) is 4.39 Å². The molecule has 2 amide bonds. The number of carbonyl (C=O) groups excluding carboxylic acids is 2. The zero-order chi connectivity index (χ0) is 18.0. The van der Waals surface area contributed by atoms with E-state index in [0.717, 1.165) is 6.07 Å². The number of rotatable bonds is 4. The van der Waals surface area contributed by atoms with Crippen LogP contribution < -0.4 is 19.7 Å². The molecule has 0 aromatic heterocycles. The highest BCUT2D eigenvalue weighted by atomic mass is 35.5. The number of hydrogen-bond donors (Lipinski definition) is 1. The maximum absolute atomic E-state index is 13.7. The van der Waals surface area contributed by atoms with E-state index in [9.17, 15) is 14.0 Å². The molecular formula is C17H14ClFN2O4. The summed E-state index contributed by atoms with van der Waals surface area (Å²) in [6.07, 6.45) is 0. The minimum atomic E-state index is -0.597. The van der Waals surface area contributed by atoms with E-state index < -0.39 is 11.7 Å². The van der Waals surface area contributed by atoms with Crippen LogP contribution in [0.4, 0.5) is 15.8 Å². The van der Waals surface area contributed by atoms with E-state index in [0.29, 0.717) is 16.5 Å². The monoisotopic (exact) mass is 364 g/mol. The van der Waals surface area contributed by atoms with Crippen molar-refractivity contribution in [2.24, 2.45) is 0 Å². The van der Waals surface area contributed by atoms with Crippen molar-refractivity contribution in [3.8, 4) is 11.5 Å². The molecule has 1 heterocycles. The summed E-state index contributed by atoms with van der Waals surface area (Å²) < 4.78 is 23.8. The lowest BCUT2D eigenvalue weighted by atomic mass is 10.2. The Bertz CT molecular complexity index is 843. The quantitative estimate of drug-likeness (QED) is 0.905. The van der Waals surface area contributed by atoms with Gasteiger partial charge in [0.05, 0.1) is 12.8 Å². The molecule has 0 saturated carbocycles. The van der Waals surface area contributed by atoms with Gasteiger partial charge in [-0.2, -0.15) is 0 Å². The predicted octanol–water partition coefficient (Wildman–Crippen LogP) is 2.85. The highest BCUT2D eigenvalue weighted by Crippen LogP contribution is 2.34. The van der Waals surface area contributed by atoms with Crippen LogP contribution in [-0.2, 0) is 9.59 Å². The Kier molecular flexibility index (Phi) is 4.76. The van der Waals surface area contributed by atoms with Gasteiger partial charge in [-0.05, 0) is 30.3 Å². The summed E-state index contributed by atoms with van der Waals surface area (Å²) in [5.74, 6) is -0.909. The van der Waals surface area contributed by atoms with Gasteiger partial charge < -0.3 is 14.8 Å². The molecule has 6 nitrogen and oxygen atoms in total. The number of nitrogens with one attached hydrogen (secondary N) is 1. The van der Waals surface area contributed by atoms with Crippen molar-refractivity contribution in [3.63, 3.8) is 0 Å². The van der Waals surface area contributed by atoms with Crippen LogP contribution in [0.25, 0.3) is 0 Å². The summed E-state index contributed by atoms with van der Waals surface area (Å²) >= 11 is 5.95. The first-order chi connectivity index (χ1) is 12.0. The molecule has 0 saturated heterocycles. The second kappa shape index (κ2) is 6.98. The third-order valence-corrected chi connectivity index (χ3v) is 3.84. The maximum Gasteiger partial charge on any atom is 0.265 e. The molecule has 0 atom stereocenters. The van der Waals surface area contributed by atoms with Crippen LogP contribution >= 0.6 is 11.6 Å². The predicted molar refractivity (Wildman–Crippen MR) is 90.9 cm³/mol. The largest absolute Gasteiger partial charge is 0.494 e. The zero-order valence-corrected chi connectivity index (χ0v) is 14.0. The molecule has 0 spiro atoms. The average Bonchev–Trinajstić information content (AvgIpc) is 2.58. The Morgan fingerprint density at radius 1 is 1.36 bits per heavy atom. The summed E-state index contributed by atoms with van der Waals surface area (Å²) in [6.45, 7) is -0.414. The number of nitrogens with zero attached hydrogens (tertiary/aromatic N) is 1. The fourth-order valence-electron chi connectivity index (χ4n) is 2.44. The Balaban J connectivity index is 1.76. The molecule has 0 aliphatic carbocycles. The summed E-state index contributed by atoms with van der Waals surface area (Å²) in [4.78, 5) is 25.6. The molecule has 0 bridgehead atoms. The van der Waals surface area contributed by atoms with Crippen LogP contribution in [0.15, 0.2) is 36.4 Å². The number of halogens is 2. The summed E-state index contributed by atoms with van der Waals surface area (Å²) in [6, 6.07) is 8.87. The van der Waals surface area contributed by atoms with E-state index in [1.807, 2.05) is 0 Å². The molecule has 1 aliphatic rings. The van der Waals surface area contributed by atoms with Gasteiger partial charge in [-0.3, -0.25) is 14.5 Å². The second-order valence-electron chi connectivity index (χ2n) is 5.28. The van der Waals surface area contributed by atoms with Gasteiger partial charge in [0.15, 0.2) is 18.2 Å². The molecule has 0 fully saturated rings. The number of benzene rings is 2. The molecule has 1 aliphatic heterocycles. The standard InChI is InChI=1S/C17H14ClFN2O4/c1-24-14-5-3-11(7-12(14)19)20-16(22)8-21-13-6-10(18)2-4-15(13)25-9-17(21)23/h2-7H,8-9H2,1H3,(H,20,22). The number of fused-ring (bicyclic) bond motifs is 1. The van der Waals surface area contributed by atoms with Gasteiger partial charge in [0, 0.05) is 16.8 Å². The van der Waals surface area contributed by atoms with E-state index in [4.69, 9.17) is 21.1 Å². The first-order valence-corrected chi connectivity index (χ1v) is 7.72. The fourth-order valence-corrected chi connectivity index (χ4v) is 2.60. The van der Waals surface area contributed by atoms with Crippen molar-refractivity contribution >= 4 is 34.8 Å². The van der Waals surface area contributed by atoms with Crippen molar-refractivity contribution in [1.82, 2.24) is 0 Å². The maximum atomic E-state index is 13.7. The number of anilines is 2. The highest BCUT2D eigenvalue weighted by molar-refractivity contribution is 6.31.